The van der Waals surface area contributed by atoms with Crippen molar-refractivity contribution in [3.05, 3.63) is 42.1 Å². The number of nitrogens with zero attached hydrogens (tertiary/aromatic N) is 2. The Kier molecular flexibility index (Phi) is 3.59. The Bertz CT molecular complexity index is 677. The van der Waals surface area contributed by atoms with Crippen LogP contribution < -0.4 is 10.5 Å². The molecule has 1 atom stereocenters. The van der Waals surface area contributed by atoms with Crippen molar-refractivity contribution >= 4 is 15.7 Å². The molecule has 0 saturated carbocycles. The fourth-order valence-corrected chi connectivity index (χ4v) is 3.02. The van der Waals surface area contributed by atoms with Crippen molar-refractivity contribution in [2.45, 2.75) is 18.0 Å². The topological polar surface area (TPSA) is 90.0 Å². The summed E-state index contributed by atoms with van der Waals surface area (Å²) in [7, 11) is -2.09. The van der Waals surface area contributed by atoms with Crippen molar-refractivity contribution in [3.8, 4) is 0 Å². The van der Waals surface area contributed by atoms with Gasteiger partial charge < -0.3 is 5.73 Å². The van der Waals surface area contributed by atoms with Crippen molar-refractivity contribution in [2.75, 3.05) is 4.72 Å². The Hall–Kier alpha value is -1.86. The maximum Gasteiger partial charge on any atom is 0.279 e. The van der Waals surface area contributed by atoms with E-state index in [0.717, 1.165) is 5.56 Å². The van der Waals surface area contributed by atoms with Crippen LogP contribution in [0.1, 0.15) is 18.5 Å². The van der Waals surface area contributed by atoms with Crippen LogP contribution in [0.25, 0.3) is 0 Å². The second-order valence-electron chi connectivity index (χ2n) is 4.27. The van der Waals surface area contributed by atoms with E-state index in [1.54, 1.807) is 32.2 Å². The molecular weight excluding hydrogens is 264 g/mol. The summed E-state index contributed by atoms with van der Waals surface area (Å²) in [6.07, 6.45) is 1.44. The average molecular weight is 280 g/mol. The molecule has 0 amide bonds. The van der Waals surface area contributed by atoms with Crippen LogP contribution >= 0.6 is 0 Å². The summed E-state index contributed by atoms with van der Waals surface area (Å²) >= 11 is 0. The molecule has 0 aliphatic rings. The van der Waals surface area contributed by atoms with Gasteiger partial charge in [-0.3, -0.25) is 9.40 Å². The summed E-state index contributed by atoms with van der Waals surface area (Å²) in [5.41, 5.74) is 7.06. The van der Waals surface area contributed by atoms with E-state index in [-0.39, 0.29) is 11.1 Å². The molecule has 3 N–H and O–H groups in total. The van der Waals surface area contributed by atoms with Crippen molar-refractivity contribution in [1.82, 2.24) is 9.78 Å². The highest BCUT2D eigenvalue weighted by atomic mass is 32.2. The lowest BCUT2D eigenvalue weighted by Crippen LogP contribution is -2.19. The number of hydrogen-bond donors (Lipinski definition) is 2. The number of hydrogen-bond acceptors (Lipinski definition) is 4. The van der Waals surface area contributed by atoms with Crippen LogP contribution in [0.3, 0.4) is 0 Å². The zero-order chi connectivity index (χ0) is 14.0. The van der Waals surface area contributed by atoms with Gasteiger partial charge in [0.15, 0.2) is 5.03 Å². The number of benzene rings is 1. The lowest BCUT2D eigenvalue weighted by molar-refractivity contribution is 0.582. The van der Waals surface area contributed by atoms with Gasteiger partial charge in [0.2, 0.25) is 0 Å². The monoisotopic (exact) mass is 280 g/mol. The third kappa shape index (κ3) is 2.77. The quantitative estimate of drug-likeness (QED) is 0.881. The molecule has 1 heterocycles. The number of rotatable bonds is 4. The zero-order valence-electron chi connectivity index (χ0n) is 10.7. The Morgan fingerprint density at radius 2 is 2.00 bits per heavy atom. The first-order valence-corrected chi connectivity index (χ1v) is 7.25. The minimum atomic E-state index is -3.66. The van der Waals surface area contributed by atoms with Crippen LogP contribution in [0.4, 0.5) is 5.69 Å². The fraction of sp³-hybridized carbons (Fsp3) is 0.250. The fourth-order valence-electron chi connectivity index (χ4n) is 1.81. The Balaban J connectivity index is 2.39. The number of anilines is 1. The zero-order valence-corrected chi connectivity index (χ0v) is 11.6. The van der Waals surface area contributed by atoms with Gasteiger partial charge in [-0.05, 0) is 24.6 Å². The number of aryl methyl sites for hydroxylation is 1. The van der Waals surface area contributed by atoms with Gasteiger partial charge in [0.05, 0.1) is 11.9 Å². The summed E-state index contributed by atoms with van der Waals surface area (Å²) in [6, 6.07) is 8.24. The SMILES string of the molecule is CC(N)c1ccccc1NS(=O)(=O)c1ccnn1C. The predicted octanol–water partition coefficient (Wildman–Crippen LogP) is 1.24. The number of aromatic nitrogens is 2. The average Bonchev–Trinajstić information content (AvgIpc) is 2.76. The van der Waals surface area contributed by atoms with Crippen molar-refractivity contribution in [3.63, 3.8) is 0 Å². The van der Waals surface area contributed by atoms with Gasteiger partial charge in [-0.15, -0.1) is 0 Å². The molecule has 2 aromatic rings. The first kappa shape index (κ1) is 13.6. The molecule has 1 aromatic carbocycles. The van der Waals surface area contributed by atoms with Crippen LogP contribution in [0, 0.1) is 0 Å². The molecular formula is C12H16N4O2S. The van der Waals surface area contributed by atoms with Gasteiger partial charge >= 0.3 is 0 Å². The van der Waals surface area contributed by atoms with Gasteiger partial charge in [0.1, 0.15) is 0 Å². The van der Waals surface area contributed by atoms with Gasteiger partial charge in [-0.1, -0.05) is 18.2 Å². The molecule has 0 bridgehead atoms. The Labute approximate surface area is 112 Å². The van der Waals surface area contributed by atoms with E-state index in [4.69, 9.17) is 5.73 Å². The third-order valence-electron chi connectivity index (χ3n) is 2.75. The summed E-state index contributed by atoms with van der Waals surface area (Å²) in [6.45, 7) is 1.80. The molecule has 0 aliphatic carbocycles. The van der Waals surface area contributed by atoms with E-state index in [9.17, 15) is 8.42 Å². The van der Waals surface area contributed by atoms with Crippen molar-refractivity contribution in [1.29, 1.82) is 0 Å². The van der Waals surface area contributed by atoms with Gasteiger partial charge in [-0.25, -0.2) is 0 Å². The van der Waals surface area contributed by atoms with E-state index >= 15 is 0 Å². The first-order chi connectivity index (χ1) is 8.92. The highest BCUT2D eigenvalue weighted by molar-refractivity contribution is 7.92. The molecule has 6 nitrogen and oxygen atoms in total. The number of nitrogens with one attached hydrogen (secondary N) is 1. The molecule has 19 heavy (non-hydrogen) atoms. The minimum Gasteiger partial charge on any atom is -0.324 e. The third-order valence-corrected chi connectivity index (χ3v) is 4.19. The Morgan fingerprint density at radius 1 is 1.32 bits per heavy atom. The summed E-state index contributed by atoms with van der Waals surface area (Å²) in [5, 5.41) is 3.96. The number of nitrogens with two attached hydrogens (primary N) is 1. The number of sulfonamides is 1. The lowest BCUT2D eigenvalue weighted by atomic mass is 10.1. The Morgan fingerprint density at radius 3 is 2.58 bits per heavy atom. The van der Waals surface area contributed by atoms with Gasteiger partial charge in [0, 0.05) is 13.1 Å². The largest absolute Gasteiger partial charge is 0.324 e. The maximum absolute atomic E-state index is 12.2. The molecule has 0 radical (unpaired) electrons. The summed E-state index contributed by atoms with van der Waals surface area (Å²) < 4.78 is 28.3. The number of para-hydroxylation sites is 1. The highest BCUT2D eigenvalue weighted by Crippen LogP contribution is 2.23. The highest BCUT2D eigenvalue weighted by Gasteiger charge is 2.19. The van der Waals surface area contributed by atoms with Crippen LogP contribution in [0.5, 0.6) is 0 Å². The van der Waals surface area contributed by atoms with Crippen LogP contribution in [-0.2, 0) is 17.1 Å². The predicted molar refractivity (Wildman–Crippen MR) is 73.1 cm³/mol. The summed E-state index contributed by atoms with van der Waals surface area (Å²) in [5.74, 6) is 0. The molecule has 0 saturated heterocycles. The van der Waals surface area contributed by atoms with Crippen LogP contribution in [0.2, 0.25) is 0 Å². The van der Waals surface area contributed by atoms with E-state index in [0.29, 0.717) is 5.69 Å². The van der Waals surface area contributed by atoms with Crippen LogP contribution in [0.15, 0.2) is 41.6 Å². The summed E-state index contributed by atoms with van der Waals surface area (Å²) in [4.78, 5) is 0. The molecule has 0 spiro atoms. The molecule has 0 fully saturated rings. The standard InChI is InChI=1S/C12H16N4O2S/c1-9(13)10-5-3-4-6-11(10)15-19(17,18)12-7-8-14-16(12)2/h3-9,15H,13H2,1-2H3. The molecule has 0 aliphatic heterocycles. The van der Waals surface area contributed by atoms with E-state index in [1.165, 1.54) is 16.9 Å². The minimum absolute atomic E-state index is 0.104. The van der Waals surface area contributed by atoms with E-state index in [1.807, 2.05) is 6.07 Å². The van der Waals surface area contributed by atoms with Gasteiger partial charge in [-0.2, -0.15) is 13.5 Å². The normalized spacial score (nSPS) is 13.2. The lowest BCUT2D eigenvalue weighted by Gasteiger charge is -2.14. The molecule has 1 aromatic heterocycles. The molecule has 102 valence electrons. The van der Waals surface area contributed by atoms with Crippen molar-refractivity contribution < 1.29 is 8.42 Å². The maximum atomic E-state index is 12.2. The first-order valence-electron chi connectivity index (χ1n) is 5.77. The second kappa shape index (κ2) is 5.02. The molecule has 1 unspecified atom stereocenters. The van der Waals surface area contributed by atoms with E-state index in [2.05, 4.69) is 9.82 Å². The smallest absolute Gasteiger partial charge is 0.279 e. The van der Waals surface area contributed by atoms with Crippen molar-refractivity contribution in [2.24, 2.45) is 12.8 Å². The molecule has 2 rings (SSSR count). The molecule has 7 heteroatoms. The van der Waals surface area contributed by atoms with Gasteiger partial charge in [0.25, 0.3) is 10.0 Å². The second-order valence-corrected chi connectivity index (χ2v) is 5.90. The van der Waals surface area contributed by atoms with Crippen LogP contribution in [-0.4, -0.2) is 18.2 Å². The van der Waals surface area contributed by atoms with E-state index < -0.39 is 10.0 Å².